The number of rotatable bonds is 2. The Kier molecular flexibility index (Phi) is 3.89. The summed E-state index contributed by atoms with van der Waals surface area (Å²) in [6.07, 6.45) is 3.51. The van der Waals surface area contributed by atoms with Crippen LogP contribution in [0.3, 0.4) is 0 Å². The van der Waals surface area contributed by atoms with Crippen molar-refractivity contribution in [1.82, 2.24) is 15.5 Å². The van der Waals surface area contributed by atoms with Crippen molar-refractivity contribution in [2.45, 2.75) is 39.2 Å². The predicted octanol–water partition coefficient (Wildman–Crippen LogP) is 3.93. The molecule has 1 aliphatic rings. The lowest BCUT2D eigenvalue weighted by Crippen LogP contribution is -2.26. The Bertz CT molecular complexity index is 594. The highest BCUT2D eigenvalue weighted by Crippen LogP contribution is 2.28. The third kappa shape index (κ3) is 2.65. The number of nitrogens with zero attached hydrogens (tertiary/aromatic N) is 2. The van der Waals surface area contributed by atoms with E-state index < -0.39 is 0 Å². The van der Waals surface area contributed by atoms with Crippen LogP contribution >= 0.6 is 15.9 Å². The molecule has 1 fully saturated rings. The van der Waals surface area contributed by atoms with Gasteiger partial charge in [-0.05, 0) is 56.5 Å². The second kappa shape index (κ2) is 5.66. The number of nitrogens with one attached hydrogen (secondary N) is 1. The second-order valence-corrected chi connectivity index (χ2v) is 6.18. The van der Waals surface area contributed by atoms with E-state index in [1.165, 1.54) is 24.0 Å². The van der Waals surface area contributed by atoms with Crippen LogP contribution in [0.2, 0.25) is 0 Å². The molecule has 0 bridgehead atoms. The topological polar surface area (TPSA) is 51.0 Å². The lowest BCUT2D eigenvalue weighted by Gasteiger charge is -2.19. The van der Waals surface area contributed by atoms with Gasteiger partial charge < -0.3 is 9.84 Å². The predicted molar refractivity (Wildman–Crippen MR) is 81.5 cm³/mol. The van der Waals surface area contributed by atoms with Crippen LogP contribution in [0.15, 0.2) is 21.1 Å². The minimum Gasteiger partial charge on any atom is -0.337 e. The minimum absolute atomic E-state index is 0.211. The molecule has 2 aromatic rings. The molecule has 1 atom stereocenters. The monoisotopic (exact) mass is 335 g/mol. The third-order valence-corrected chi connectivity index (χ3v) is 5.00. The fourth-order valence-electron chi connectivity index (χ4n) is 2.63. The van der Waals surface area contributed by atoms with Gasteiger partial charge in [0, 0.05) is 10.0 Å². The van der Waals surface area contributed by atoms with Gasteiger partial charge in [0.1, 0.15) is 0 Å². The largest absolute Gasteiger partial charge is 0.337 e. The summed E-state index contributed by atoms with van der Waals surface area (Å²) in [5.41, 5.74) is 3.37. The lowest BCUT2D eigenvalue weighted by atomic mass is 10.0. The van der Waals surface area contributed by atoms with E-state index >= 15 is 0 Å². The van der Waals surface area contributed by atoms with Gasteiger partial charge in [-0.25, -0.2) is 0 Å². The normalized spacial score (nSPS) is 19.2. The van der Waals surface area contributed by atoms with Gasteiger partial charge in [-0.15, -0.1) is 0 Å². The summed E-state index contributed by atoms with van der Waals surface area (Å²) in [6.45, 7) is 5.17. The number of hydrogen-bond donors (Lipinski definition) is 1. The zero-order valence-corrected chi connectivity index (χ0v) is 13.3. The number of aromatic nitrogens is 2. The maximum absolute atomic E-state index is 5.43. The Morgan fingerprint density at radius 2 is 2.00 bits per heavy atom. The molecule has 0 spiro atoms. The number of benzene rings is 1. The van der Waals surface area contributed by atoms with E-state index in [9.17, 15) is 0 Å². The van der Waals surface area contributed by atoms with Crippen LogP contribution in [-0.2, 0) is 0 Å². The van der Waals surface area contributed by atoms with Crippen molar-refractivity contribution < 1.29 is 4.52 Å². The number of piperidine rings is 1. The molecular formula is C15H18BrN3O. The van der Waals surface area contributed by atoms with Crippen molar-refractivity contribution in [3.8, 4) is 11.4 Å². The summed E-state index contributed by atoms with van der Waals surface area (Å²) in [6, 6.07) is 4.38. The fourth-order valence-corrected chi connectivity index (χ4v) is 2.86. The van der Waals surface area contributed by atoms with Crippen LogP contribution in [0.1, 0.15) is 42.3 Å². The molecule has 4 nitrogen and oxygen atoms in total. The smallest absolute Gasteiger partial charge is 0.244 e. The SMILES string of the molecule is Cc1cc(-c2noc([C@H]3CCCCN3)n2)cc(C)c1Br. The Labute approximate surface area is 127 Å². The summed E-state index contributed by atoms with van der Waals surface area (Å²) < 4.78 is 6.57. The Morgan fingerprint density at radius 1 is 1.25 bits per heavy atom. The Morgan fingerprint density at radius 3 is 2.65 bits per heavy atom. The van der Waals surface area contributed by atoms with Crippen molar-refractivity contribution in [3.63, 3.8) is 0 Å². The molecule has 1 saturated heterocycles. The van der Waals surface area contributed by atoms with E-state index in [2.05, 4.69) is 57.4 Å². The highest BCUT2D eigenvalue weighted by Gasteiger charge is 2.21. The van der Waals surface area contributed by atoms with E-state index in [1.807, 2.05) is 0 Å². The van der Waals surface area contributed by atoms with Crippen molar-refractivity contribution in [3.05, 3.63) is 33.6 Å². The molecule has 0 radical (unpaired) electrons. The summed E-state index contributed by atoms with van der Waals surface area (Å²) in [7, 11) is 0. The van der Waals surface area contributed by atoms with Crippen LogP contribution < -0.4 is 5.32 Å². The van der Waals surface area contributed by atoms with E-state index in [1.54, 1.807) is 0 Å². The van der Waals surface area contributed by atoms with Crippen molar-refractivity contribution in [2.75, 3.05) is 6.54 Å². The van der Waals surface area contributed by atoms with Gasteiger partial charge in [-0.2, -0.15) is 4.98 Å². The molecule has 1 aromatic carbocycles. The standard InChI is InChI=1S/C15H18BrN3O/c1-9-7-11(8-10(2)13(9)16)14-18-15(20-19-14)12-5-3-4-6-17-12/h7-8,12,17H,3-6H2,1-2H3/t12-/m1/s1. The highest BCUT2D eigenvalue weighted by atomic mass is 79.9. The minimum atomic E-state index is 0.211. The van der Waals surface area contributed by atoms with Crippen LogP contribution in [-0.4, -0.2) is 16.7 Å². The van der Waals surface area contributed by atoms with Crippen molar-refractivity contribution in [2.24, 2.45) is 0 Å². The molecule has 5 heteroatoms. The summed E-state index contributed by atoms with van der Waals surface area (Å²) in [5, 5.41) is 7.56. The van der Waals surface area contributed by atoms with Crippen LogP contribution in [0.25, 0.3) is 11.4 Å². The first-order chi connectivity index (χ1) is 9.65. The Balaban J connectivity index is 1.89. The molecule has 0 saturated carbocycles. The molecule has 0 amide bonds. The van der Waals surface area contributed by atoms with Gasteiger partial charge in [0.15, 0.2) is 0 Å². The quantitative estimate of drug-likeness (QED) is 0.903. The molecule has 106 valence electrons. The number of hydrogen-bond acceptors (Lipinski definition) is 4. The fraction of sp³-hybridized carbons (Fsp3) is 0.467. The van der Waals surface area contributed by atoms with Gasteiger partial charge in [0.25, 0.3) is 0 Å². The molecule has 1 aliphatic heterocycles. The van der Waals surface area contributed by atoms with Crippen molar-refractivity contribution >= 4 is 15.9 Å². The summed E-state index contributed by atoms with van der Waals surface area (Å²) in [4.78, 5) is 4.56. The van der Waals surface area contributed by atoms with Crippen molar-refractivity contribution in [1.29, 1.82) is 0 Å². The summed E-state index contributed by atoms with van der Waals surface area (Å²) in [5.74, 6) is 1.38. The van der Waals surface area contributed by atoms with Gasteiger partial charge in [-0.3, -0.25) is 0 Å². The molecule has 3 rings (SSSR count). The molecular weight excluding hydrogens is 318 g/mol. The average Bonchev–Trinajstić information content (AvgIpc) is 2.95. The third-order valence-electron chi connectivity index (χ3n) is 3.74. The maximum atomic E-state index is 5.43. The van der Waals surface area contributed by atoms with E-state index in [-0.39, 0.29) is 6.04 Å². The zero-order chi connectivity index (χ0) is 14.1. The maximum Gasteiger partial charge on any atom is 0.244 e. The molecule has 20 heavy (non-hydrogen) atoms. The van der Waals surface area contributed by atoms with E-state index in [0.29, 0.717) is 11.7 Å². The van der Waals surface area contributed by atoms with Crippen LogP contribution in [0.4, 0.5) is 0 Å². The number of halogens is 1. The Hall–Kier alpha value is -1.20. The van der Waals surface area contributed by atoms with Gasteiger partial charge in [0.2, 0.25) is 11.7 Å². The van der Waals surface area contributed by atoms with Gasteiger partial charge in [-0.1, -0.05) is 27.5 Å². The highest BCUT2D eigenvalue weighted by molar-refractivity contribution is 9.10. The lowest BCUT2D eigenvalue weighted by molar-refractivity contribution is 0.297. The first kappa shape index (κ1) is 13.8. The molecule has 0 unspecified atom stereocenters. The first-order valence-electron chi connectivity index (χ1n) is 6.99. The molecule has 0 aliphatic carbocycles. The first-order valence-corrected chi connectivity index (χ1v) is 7.78. The molecule has 1 N–H and O–H groups in total. The van der Waals surface area contributed by atoms with E-state index in [0.717, 1.165) is 23.0 Å². The summed E-state index contributed by atoms with van der Waals surface area (Å²) >= 11 is 3.58. The molecule has 1 aromatic heterocycles. The average molecular weight is 336 g/mol. The molecule has 2 heterocycles. The second-order valence-electron chi connectivity index (χ2n) is 5.38. The van der Waals surface area contributed by atoms with Crippen LogP contribution in [0.5, 0.6) is 0 Å². The van der Waals surface area contributed by atoms with E-state index in [4.69, 9.17) is 4.52 Å². The number of aryl methyl sites for hydroxylation is 2. The van der Waals surface area contributed by atoms with Crippen LogP contribution in [0, 0.1) is 13.8 Å². The zero-order valence-electron chi connectivity index (χ0n) is 11.7. The van der Waals surface area contributed by atoms with Gasteiger partial charge in [0.05, 0.1) is 6.04 Å². The van der Waals surface area contributed by atoms with Gasteiger partial charge >= 0.3 is 0 Å².